The molecular weight excluding hydrogens is 356 g/mol. The smallest absolute Gasteiger partial charge is 0.266 e. The van der Waals surface area contributed by atoms with Gasteiger partial charge in [-0.15, -0.1) is 0 Å². The highest BCUT2D eigenvalue weighted by atomic mass is 16.1. The van der Waals surface area contributed by atoms with E-state index < -0.39 is 0 Å². The molecule has 0 amide bonds. The van der Waals surface area contributed by atoms with E-state index in [0.717, 1.165) is 56.2 Å². The van der Waals surface area contributed by atoms with Crippen LogP contribution >= 0.6 is 0 Å². The third-order valence-electron chi connectivity index (χ3n) is 4.95. The van der Waals surface area contributed by atoms with Gasteiger partial charge in [0.15, 0.2) is 0 Å². The van der Waals surface area contributed by atoms with Crippen molar-refractivity contribution in [2.45, 2.75) is 13.1 Å². The van der Waals surface area contributed by atoms with Crippen LogP contribution in [-0.2, 0) is 20.1 Å². The number of hydrogen-bond donors (Lipinski definition) is 0. The Morgan fingerprint density at radius 3 is 2.50 bits per heavy atom. The van der Waals surface area contributed by atoms with Crippen LogP contribution in [0.15, 0.2) is 47.7 Å². The Bertz CT molecular complexity index is 959. The lowest BCUT2D eigenvalue weighted by atomic mass is 10.2. The van der Waals surface area contributed by atoms with Crippen LogP contribution < -0.4 is 5.56 Å². The SMILES string of the molecule is Cn1ncc(CN2CCN(CCn3nc(-c4cccnc4)ccc3=O)CC2)n1. The zero-order valence-corrected chi connectivity index (χ0v) is 16.0. The van der Waals surface area contributed by atoms with Crippen molar-refractivity contribution in [2.75, 3.05) is 32.7 Å². The van der Waals surface area contributed by atoms with Gasteiger partial charge in [0, 0.05) is 70.3 Å². The first-order chi connectivity index (χ1) is 13.7. The Hall–Kier alpha value is -2.91. The number of piperazine rings is 1. The molecule has 0 atom stereocenters. The highest BCUT2D eigenvalue weighted by Crippen LogP contribution is 2.12. The average Bonchev–Trinajstić information content (AvgIpc) is 3.14. The fraction of sp³-hybridized carbons (Fsp3) is 0.421. The van der Waals surface area contributed by atoms with E-state index >= 15 is 0 Å². The zero-order chi connectivity index (χ0) is 19.3. The Morgan fingerprint density at radius 1 is 0.964 bits per heavy atom. The summed E-state index contributed by atoms with van der Waals surface area (Å²) in [5.41, 5.74) is 2.60. The first-order valence-electron chi connectivity index (χ1n) is 9.46. The summed E-state index contributed by atoms with van der Waals surface area (Å²) in [7, 11) is 1.83. The molecule has 1 aliphatic heterocycles. The summed E-state index contributed by atoms with van der Waals surface area (Å²) in [6, 6.07) is 7.14. The molecule has 0 unspecified atom stereocenters. The third-order valence-corrected chi connectivity index (χ3v) is 4.95. The van der Waals surface area contributed by atoms with Crippen LogP contribution in [0.3, 0.4) is 0 Å². The Kier molecular flexibility index (Phi) is 5.54. The van der Waals surface area contributed by atoms with Crippen LogP contribution in [0.4, 0.5) is 0 Å². The van der Waals surface area contributed by atoms with Gasteiger partial charge in [-0.3, -0.25) is 19.6 Å². The molecule has 1 aliphatic rings. The van der Waals surface area contributed by atoms with E-state index in [0.29, 0.717) is 6.54 Å². The van der Waals surface area contributed by atoms with Crippen molar-refractivity contribution in [1.29, 1.82) is 0 Å². The molecule has 0 saturated carbocycles. The second kappa shape index (κ2) is 8.41. The Balaban J connectivity index is 1.31. The van der Waals surface area contributed by atoms with E-state index in [-0.39, 0.29) is 5.56 Å². The molecule has 3 aromatic rings. The van der Waals surface area contributed by atoms with Crippen LogP contribution in [-0.4, -0.2) is 72.3 Å². The minimum absolute atomic E-state index is 0.0751. The van der Waals surface area contributed by atoms with Gasteiger partial charge < -0.3 is 0 Å². The summed E-state index contributed by atoms with van der Waals surface area (Å²) >= 11 is 0. The molecule has 1 fully saturated rings. The summed E-state index contributed by atoms with van der Waals surface area (Å²) in [5.74, 6) is 0. The molecule has 0 bridgehead atoms. The van der Waals surface area contributed by atoms with Gasteiger partial charge in [-0.05, 0) is 18.2 Å². The minimum Gasteiger partial charge on any atom is -0.299 e. The lowest BCUT2D eigenvalue weighted by Crippen LogP contribution is -2.47. The molecule has 0 N–H and O–H groups in total. The maximum absolute atomic E-state index is 12.2. The standard InChI is InChI=1S/C19H24N8O/c1-24-21-14-17(22-24)15-26-9-7-25(8-10-26)11-12-27-19(28)5-4-18(23-27)16-3-2-6-20-13-16/h2-6,13-14H,7-12,15H2,1H3. The van der Waals surface area contributed by atoms with Crippen LogP contribution in [0, 0.1) is 0 Å². The van der Waals surface area contributed by atoms with Gasteiger partial charge in [-0.25, -0.2) is 4.68 Å². The van der Waals surface area contributed by atoms with Crippen molar-refractivity contribution >= 4 is 0 Å². The lowest BCUT2D eigenvalue weighted by molar-refractivity contribution is 0.121. The van der Waals surface area contributed by atoms with Crippen LogP contribution in [0.2, 0.25) is 0 Å². The fourth-order valence-electron chi connectivity index (χ4n) is 3.37. The van der Waals surface area contributed by atoms with Crippen molar-refractivity contribution < 1.29 is 0 Å². The monoisotopic (exact) mass is 380 g/mol. The molecule has 0 spiro atoms. The Labute approximate surface area is 163 Å². The normalized spacial score (nSPS) is 15.8. The molecule has 0 aliphatic carbocycles. The van der Waals surface area contributed by atoms with Gasteiger partial charge in [0.2, 0.25) is 0 Å². The highest BCUT2D eigenvalue weighted by molar-refractivity contribution is 5.56. The van der Waals surface area contributed by atoms with Gasteiger partial charge in [-0.1, -0.05) is 0 Å². The van der Waals surface area contributed by atoms with Crippen LogP contribution in [0.25, 0.3) is 11.3 Å². The number of pyridine rings is 1. The zero-order valence-electron chi connectivity index (χ0n) is 16.0. The number of aromatic nitrogens is 6. The molecular formula is C19H24N8O. The predicted octanol–water partition coefficient (Wildman–Crippen LogP) is 0.252. The van der Waals surface area contributed by atoms with E-state index in [1.54, 1.807) is 34.0 Å². The van der Waals surface area contributed by atoms with Gasteiger partial charge in [0.05, 0.1) is 24.1 Å². The quantitative estimate of drug-likeness (QED) is 0.606. The molecule has 0 aromatic carbocycles. The van der Waals surface area contributed by atoms with Gasteiger partial charge in [0.25, 0.3) is 5.56 Å². The molecule has 9 nitrogen and oxygen atoms in total. The number of rotatable bonds is 6. The topological polar surface area (TPSA) is 85.0 Å². The molecule has 1 saturated heterocycles. The van der Waals surface area contributed by atoms with Crippen molar-refractivity contribution in [2.24, 2.45) is 7.05 Å². The summed E-state index contributed by atoms with van der Waals surface area (Å²) in [6.45, 7) is 6.12. The molecule has 0 radical (unpaired) electrons. The first-order valence-corrected chi connectivity index (χ1v) is 9.46. The second-order valence-corrected chi connectivity index (χ2v) is 6.96. The van der Waals surface area contributed by atoms with Crippen LogP contribution in [0.1, 0.15) is 5.69 Å². The second-order valence-electron chi connectivity index (χ2n) is 6.96. The van der Waals surface area contributed by atoms with E-state index in [2.05, 4.69) is 30.1 Å². The molecule has 4 rings (SSSR count). The minimum atomic E-state index is -0.0751. The molecule has 4 heterocycles. The van der Waals surface area contributed by atoms with Crippen molar-refractivity contribution in [3.05, 3.63) is 58.9 Å². The van der Waals surface area contributed by atoms with Gasteiger partial charge in [0.1, 0.15) is 0 Å². The maximum atomic E-state index is 12.2. The fourth-order valence-corrected chi connectivity index (χ4v) is 3.37. The van der Waals surface area contributed by atoms with Crippen molar-refractivity contribution in [3.63, 3.8) is 0 Å². The maximum Gasteiger partial charge on any atom is 0.266 e. The highest BCUT2D eigenvalue weighted by Gasteiger charge is 2.18. The van der Waals surface area contributed by atoms with E-state index in [1.165, 1.54) is 0 Å². The molecule has 3 aromatic heterocycles. The first kappa shape index (κ1) is 18.5. The Morgan fingerprint density at radius 2 is 1.79 bits per heavy atom. The lowest BCUT2D eigenvalue weighted by Gasteiger charge is -2.34. The molecule has 28 heavy (non-hydrogen) atoms. The predicted molar refractivity (Wildman–Crippen MR) is 104 cm³/mol. The summed E-state index contributed by atoms with van der Waals surface area (Å²) in [6.07, 6.45) is 5.30. The van der Waals surface area contributed by atoms with E-state index in [4.69, 9.17) is 0 Å². The number of hydrogen-bond acceptors (Lipinski definition) is 7. The van der Waals surface area contributed by atoms with Crippen LogP contribution in [0.5, 0.6) is 0 Å². The molecule has 146 valence electrons. The summed E-state index contributed by atoms with van der Waals surface area (Å²) in [4.78, 5) is 22.6. The summed E-state index contributed by atoms with van der Waals surface area (Å²) < 4.78 is 1.55. The van der Waals surface area contributed by atoms with Gasteiger partial charge >= 0.3 is 0 Å². The number of nitrogens with zero attached hydrogens (tertiary/aromatic N) is 8. The van der Waals surface area contributed by atoms with Crippen molar-refractivity contribution in [1.82, 2.24) is 39.6 Å². The molecule has 9 heteroatoms. The van der Waals surface area contributed by atoms with Gasteiger partial charge in [-0.2, -0.15) is 20.1 Å². The largest absolute Gasteiger partial charge is 0.299 e. The third kappa shape index (κ3) is 4.49. The average molecular weight is 380 g/mol. The number of aryl methyl sites for hydroxylation is 1. The van der Waals surface area contributed by atoms with E-state index in [9.17, 15) is 4.79 Å². The van der Waals surface area contributed by atoms with Crippen molar-refractivity contribution in [3.8, 4) is 11.3 Å². The van der Waals surface area contributed by atoms with E-state index in [1.807, 2.05) is 25.4 Å². The summed E-state index contributed by atoms with van der Waals surface area (Å²) in [5, 5.41) is 13.0.